The molecule has 0 unspecified atom stereocenters. The Kier molecular flexibility index (Phi) is 5.80. The van der Waals surface area contributed by atoms with Crippen LogP contribution in [0.1, 0.15) is 0 Å². The van der Waals surface area contributed by atoms with Gasteiger partial charge in [-0.2, -0.15) is 12.7 Å². The predicted molar refractivity (Wildman–Crippen MR) is 74.0 cm³/mol. The first kappa shape index (κ1) is 15.6. The van der Waals surface area contributed by atoms with Crippen LogP contribution in [-0.4, -0.2) is 45.0 Å². The third-order valence-corrected chi connectivity index (χ3v) is 4.28. The molecule has 0 amide bonds. The van der Waals surface area contributed by atoms with Gasteiger partial charge in [-0.25, -0.2) is 4.98 Å². The summed E-state index contributed by atoms with van der Waals surface area (Å²) in [6.07, 6.45) is 1.48. The average Bonchev–Trinajstić information content (AvgIpc) is 2.30. The van der Waals surface area contributed by atoms with Gasteiger partial charge >= 0.3 is 10.2 Å². The van der Waals surface area contributed by atoms with Gasteiger partial charge in [0.15, 0.2) is 5.15 Å². The maximum Gasteiger partial charge on any atom is 0.301 e. The monoisotopic (exact) mass is 357 g/mol. The molecule has 0 saturated heterocycles. The Bertz CT molecular complexity index is 512. The van der Waals surface area contributed by atoms with Crippen LogP contribution >= 0.6 is 27.5 Å². The Hall–Kier alpha value is -0.410. The van der Waals surface area contributed by atoms with Crippen LogP contribution < -0.4 is 4.72 Å². The topological polar surface area (TPSA) is 71.5 Å². The molecule has 0 spiro atoms. The van der Waals surface area contributed by atoms with Crippen LogP contribution in [-0.2, 0) is 14.9 Å². The van der Waals surface area contributed by atoms with Crippen molar-refractivity contribution < 1.29 is 13.2 Å². The van der Waals surface area contributed by atoms with Crippen LogP contribution in [0.4, 0.5) is 5.69 Å². The summed E-state index contributed by atoms with van der Waals surface area (Å²) in [5.74, 6) is 0. The Balaban J connectivity index is 2.85. The number of methoxy groups -OCH3 is 1. The number of anilines is 1. The zero-order valence-corrected chi connectivity index (χ0v) is 13.0. The second kappa shape index (κ2) is 6.67. The number of pyridine rings is 1. The van der Waals surface area contributed by atoms with Crippen molar-refractivity contribution in [3.05, 3.63) is 21.9 Å². The van der Waals surface area contributed by atoms with Crippen LogP contribution in [0.5, 0.6) is 0 Å². The second-order valence-electron chi connectivity index (χ2n) is 3.41. The molecule has 0 atom stereocenters. The quantitative estimate of drug-likeness (QED) is 0.786. The number of nitrogens with zero attached hydrogens (tertiary/aromatic N) is 2. The largest absolute Gasteiger partial charge is 0.383 e. The Morgan fingerprint density at radius 1 is 1.61 bits per heavy atom. The Morgan fingerprint density at radius 3 is 2.89 bits per heavy atom. The van der Waals surface area contributed by atoms with Gasteiger partial charge in [0, 0.05) is 31.4 Å². The molecule has 1 aromatic rings. The smallest absolute Gasteiger partial charge is 0.301 e. The summed E-state index contributed by atoms with van der Waals surface area (Å²) >= 11 is 9.00. The third-order valence-electron chi connectivity index (χ3n) is 2.07. The normalized spacial score (nSPS) is 11.8. The third kappa shape index (κ3) is 4.36. The molecular weight excluding hydrogens is 346 g/mol. The minimum atomic E-state index is -3.67. The molecule has 0 aliphatic rings. The predicted octanol–water partition coefficient (Wildman–Crippen LogP) is 1.73. The fraction of sp³-hybridized carbons (Fsp3) is 0.444. The second-order valence-corrected chi connectivity index (χ2v) is 6.46. The molecule has 1 aromatic heterocycles. The lowest BCUT2D eigenvalue weighted by atomic mass is 10.4. The van der Waals surface area contributed by atoms with E-state index in [1.54, 1.807) is 0 Å². The first-order valence-corrected chi connectivity index (χ1v) is 7.52. The highest BCUT2D eigenvalue weighted by Crippen LogP contribution is 2.24. The number of ether oxygens (including phenoxy) is 1. The summed E-state index contributed by atoms with van der Waals surface area (Å²) in [5.41, 5.74) is 0.218. The van der Waals surface area contributed by atoms with Gasteiger partial charge in [0.05, 0.1) is 12.3 Å². The van der Waals surface area contributed by atoms with E-state index in [1.165, 1.54) is 26.4 Å². The van der Waals surface area contributed by atoms with E-state index in [1.807, 2.05) is 0 Å². The van der Waals surface area contributed by atoms with E-state index in [-0.39, 0.29) is 17.4 Å². The van der Waals surface area contributed by atoms with Gasteiger partial charge in [-0.3, -0.25) is 4.72 Å². The average molecular weight is 359 g/mol. The van der Waals surface area contributed by atoms with Crippen LogP contribution in [0.15, 0.2) is 16.7 Å². The lowest BCUT2D eigenvalue weighted by molar-refractivity contribution is 0.185. The fourth-order valence-electron chi connectivity index (χ4n) is 1.05. The molecule has 0 aliphatic heterocycles. The van der Waals surface area contributed by atoms with Gasteiger partial charge in [-0.1, -0.05) is 11.6 Å². The molecule has 1 heterocycles. The SMILES string of the molecule is COCCN(C)S(=O)(=O)Nc1cc(Br)cnc1Cl. The molecule has 0 bridgehead atoms. The van der Waals surface area contributed by atoms with Crippen molar-refractivity contribution in [1.29, 1.82) is 0 Å². The summed E-state index contributed by atoms with van der Waals surface area (Å²) in [6.45, 7) is 0.548. The van der Waals surface area contributed by atoms with Crippen molar-refractivity contribution in [2.24, 2.45) is 0 Å². The first-order valence-electron chi connectivity index (χ1n) is 4.91. The van der Waals surface area contributed by atoms with Crippen molar-refractivity contribution in [2.75, 3.05) is 32.0 Å². The van der Waals surface area contributed by atoms with E-state index < -0.39 is 10.2 Å². The van der Waals surface area contributed by atoms with Crippen LogP contribution in [0, 0.1) is 0 Å². The van der Waals surface area contributed by atoms with E-state index >= 15 is 0 Å². The molecule has 6 nitrogen and oxygen atoms in total. The standard InChI is InChI=1S/C9H13BrClN3O3S/c1-14(3-4-17-2)18(15,16)13-8-5-7(10)6-12-9(8)11/h5-6,13H,3-4H2,1-2H3. The maximum absolute atomic E-state index is 11.9. The van der Waals surface area contributed by atoms with Gasteiger partial charge < -0.3 is 4.74 Å². The molecule has 18 heavy (non-hydrogen) atoms. The van der Waals surface area contributed by atoms with Crippen molar-refractivity contribution >= 4 is 43.4 Å². The minimum absolute atomic E-state index is 0.0851. The molecule has 9 heteroatoms. The highest BCUT2D eigenvalue weighted by Gasteiger charge is 2.18. The molecule has 102 valence electrons. The molecule has 0 aliphatic carbocycles. The summed E-state index contributed by atoms with van der Waals surface area (Å²) in [4.78, 5) is 3.83. The molecule has 0 aromatic carbocycles. The zero-order chi connectivity index (χ0) is 13.8. The number of nitrogens with one attached hydrogen (secondary N) is 1. The molecular formula is C9H13BrClN3O3S. The summed E-state index contributed by atoms with van der Waals surface area (Å²) in [5, 5.41) is 0.0851. The summed E-state index contributed by atoms with van der Waals surface area (Å²) in [7, 11) is -0.719. The number of hydrogen-bond acceptors (Lipinski definition) is 4. The van der Waals surface area contributed by atoms with Crippen LogP contribution in [0.2, 0.25) is 5.15 Å². The highest BCUT2D eigenvalue weighted by atomic mass is 79.9. The van der Waals surface area contributed by atoms with Crippen LogP contribution in [0.3, 0.4) is 0 Å². The van der Waals surface area contributed by atoms with Gasteiger partial charge in [0.2, 0.25) is 0 Å². The summed E-state index contributed by atoms with van der Waals surface area (Å²) in [6, 6.07) is 1.54. The minimum Gasteiger partial charge on any atom is -0.383 e. The van der Waals surface area contributed by atoms with Gasteiger partial charge in [0.1, 0.15) is 0 Å². The molecule has 0 fully saturated rings. The Labute approximate surface area is 120 Å². The van der Waals surface area contributed by atoms with E-state index in [2.05, 4.69) is 25.6 Å². The fourth-order valence-corrected chi connectivity index (χ4v) is 2.49. The molecule has 1 rings (SSSR count). The number of likely N-dealkylation sites (N-methyl/N-ethyl adjacent to an activating group) is 1. The molecule has 1 N–H and O–H groups in total. The maximum atomic E-state index is 11.9. The van der Waals surface area contributed by atoms with Crippen molar-refractivity contribution in [2.45, 2.75) is 0 Å². The Morgan fingerprint density at radius 2 is 2.28 bits per heavy atom. The lowest BCUT2D eigenvalue weighted by Gasteiger charge is -2.18. The number of hydrogen-bond donors (Lipinski definition) is 1. The van der Waals surface area contributed by atoms with E-state index in [9.17, 15) is 8.42 Å². The van der Waals surface area contributed by atoms with Crippen LogP contribution in [0.25, 0.3) is 0 Å². The molecule has 0 saturated carbocycles. The van der Waals surface area contributed by atoms with Gasteiger partial charge in [-0.05, 0) is 22.0 Å². The highest BCUT2D eigenvalue weighted by molar-refractivity contribution is 9.10. The van der Waals surface area contributed by atoms with E-state index in [0.29, 0.717) is 11.1 Å². The van der Waals surface area contributed by atoms with Gasteiger partial charge in [-0.15, -0.1) is 0 Å². The number of aromatic nitrogens is 1. The van der Waals surface area contributed by atoms with Crippen molar-refractivity contribution in [1.82, 2.24) is 9.29 Å². The first-order chi connectivity index (χ1) is 8.36. The lowest BCUT2D eigenvalue weighted by Crippen LogP contribution is -2.35. The van der Waals surface area contributed by atoms with Gasteiger partial charge in [0.25, 0.3) is 0 Å². The van der Waals surface area contributed by atoms with Crippen molar-refractivity contribution in [3.8, 4) is 0 Å². The number of rotatable bonds is 6. The number of halogens is 2. The summed E-state index contributed by atoms with van der Waals surface area (Å²) < 4.78 is 32.8. The van der Waals surface area contributed by atoms with E-state index in [4.69, 9.17) is 16.3 Å². The van der Waals surface area contributed by atoms with E-state index in [0.717, 1.165) is 4.31 Å². The zero-order valence-electron chi connectivity index (χ0n) is 9.85. The molecule has 0 radical (unpaired) electrons. The van der Waals surface area contributed by atoms with Crippen molar-refractivity contribution in [3.63, 3.8) is 0 Å².